The number of imide groups is 1. The van der Waals surface area contributed by atoms with Gasteiger partial charge in [0.2, 0.25) is 5.82 Å². The van der Waals surface area contributed by atoms with Crippen LogP contribution in [0.15, 0.2) is 24.3 Å². The molecule has 0 bridgehead atoms. The molecule has 0 atom stereocenters. The van der Waals surface area contributed by atoms with E-state index in [4.69, 9.17) is 11.6 Å². The number of carbonyl (C=O) groups excluding carboxylic acids is 2. The average molecular weight is 323 g/mol. The van der Waals surface area contributed by atoms with Crippen LogP contribution in [0.5, 0.6) is 0 Å². The van der Waals surface area contributed by atoms with Crippen LogP contribution in [0.25, 0.3) is 11.4 Å². The summed E-state index contributed by atoms with van der Waals surface area (Å²) in [5.41, 5.74) is 0.730. The molecule has 1 aromatic carbocycles. The van der Waals surface area contributed by atoms with Gasteiger partial charge < -0.3 is 5.32 Å². The predicted molar refractivity (Wildman–Crippen MR) is 80.1 cm³/mol. The van der Waals surface area contributed by atoms with Gasteiger partial charge in [-0.15, -0.1) is 10.2 Å². The number of benzene rings is 1. The molecule has 22 heavy (non-hydrogen) atoms. The van der Waals surface area contributed by atoms with Crippen molar-refractivity contribution in [1.29, 1.82) is 0 Å². The van der Waals surface area contributed by atoms with E-state index in [0.29, 0.717) is 10.8 Å². The van der Waals surface area contributed by atoms with E-state index in [1.807, 2.05) is 0 Å². The first-order valence-corrected chi connectivity index (χ1v) is 6.96. The van der Waals surface area contributed by atoms with Gasteiger partial charge in [-0.3, -0.25) is 10.1 Å². The van der Waals surface area contributed by atoms with Gasteiger partial charge in [-0.25, -0.2) is 4.79 Å². The normalized spacial score (nSPS) is 10.5. The summed E-state index contributed by atoms with van der Waals surface area (Å²) in [6.07, 6.45) is 0. The van der Waals surface area contributed by atoms with Gasteiger partial charge in [0, 0.05) is 16.6 Å². The predicted octanol–water partition coefficient (Wildman–Crippen LogP) is 1.23. The molecule has 2 aromatic rings. The highest BCUT2D eigenvalue weighted by atomic mass is 35.5. The molecule has 2 N–H and O–H groups in total. The summed E-state index contributed by atoms with van der Waals surface area (Å²) in [6, 6.07) is 6.30. The standard InChI is InChI=1S/C13H15ClN6O2/c1-8(2)15-13(22)16-11(21)7-20-18-12(17-19-20)9-3-5-10(14)6-4-9/h3-6,8H,7H2,1-2H3,(H2,15,16,21,22). The van der Waals surface area contributed by atoms with E-state index in [0.717, 1.165) is 10.4 Å². The van der Waals surface area contributed by atoms with E-state index >= 15 is 0 Å². The number of hydrogen-bond donors (Lipinski definition) is 2. The largest absolute Gasteiger partial charge is 0.336 e. The third-order valence-electron chi connectivity index (χ3n) is 2.51. The lowest BCUT2D eigenvalue weighted by molar-refractivity contribution is -0.121. The number of nitrogens with zero attached hydrogens (tertiary/aromatic N) is 4. The highest BCUT2D eigenvalue weighted by molar-refractivity contribution is 6.30. The summed E-state index contributed by atoms with van der Waals surface area (Å²) in [5.74, 6) is -0.158. The number of hydrogen-bond acceptors (Lipinski definition) is 5. The quantitative estimate of drug-likeness (QED) is 0.881. The van der Waals surface area contributed by atoms with Crippen molar-refractivity contribution in [2.75, 3.05) is 0 Å². The SMILES string of the molecule is CC(C)NC(=O)NC(=O)Cn1nnc(-c2ccc(Cl)cc2)n1. The van der Waals surface area contributed by atoms with Crippen molar-refractivity contribution in [3.63, 3.8) is 0 Å². The van der Waals surface area contributed by atoms with E-state index in [1.165, 1.54) is 0 Å². The second kappa shape index (κ2) is 6.99. The first kappa shape index (κ1) is 15.9. The summed E-state index contributed by atoms with van der Waals surface area (Å²) in [6.45, 7) is 3.38. The van der Waals surface area contributed by atoms with Crippen LogP contribution in [0.2, 0.25) is 5.02 Å². The van der Waals surface area contributed by atoms with Crippen LogP contribution in [-0.4, -0.2) is 38.2 Å². The van der Waals surface area contributed by atoms with Gasteiger partial charge in [0.1, 0.15) is 6.54 Å². The molecule has 9 heteroatoms. The van der Waals surface area contributed by atoms with Crippen molar-refractivity contribution >= 4 is 23.5 Å². The maximum absolute atomic E-state index is 11.7. The molecule has 8 nitrogen and oxygen atoms in total. The third kappa shape index (κ3) is 4.52. The minimum atomic E-state index is -0.557. The van der Waals surface area contributed by atoms with Crippen molar-refractivity contribution < 1.29 is 9.59 Å². The number of carbonyl (C=O) groups is 2. The van der Waals surface area contributed by atoms with Crippen molar-refractivity contribution in [2.45, 2.75) is 26.4 Å². The van der Waals surface area contributed by atoms with Gasteiger partial charge in [-0.2, -0.15) is 4.80 Å². The van der Waals surface area contributed by atoms with Gasteiger partial charge in [0.15, 0.2) is 0 Å². The number of urea groups is 1. The number of amides is 3. The van der Waals surface area contributed by atoms with Gasteiger partial charge in [-0.1, -0.05) is 11.6 Å². The Kier molecular flexibility index (Phi) is 5.05. The first-order valence-electron chi connectivity index (χ1n) is 6.58. The average Bonchev–Trinajstić information content (AvgIpc) is 2.86. The molecule has 0 aliphatic rings. The molecular weight excluding hydrogens is 308 g/mol. The zero-order valence-corrected chi connectivity index (χ0v) is 12.8. The minimum absolute atomic E-state index is 0.0613. The minimum Gasteiger partial charge on any atom is -0.336 e. The monoisotopic (exact) mass is 322 g/mol. The Morgan fingerprint density at radius 1 is 1.27 bits per heavy atom. The maximum atomic E-state index is 11.7. The Labute approximate surface area is 131 Å². The van der Waals surface area contributed by atoms with E-state index in [1.54, 1.807) is 38.1 Å². The summed E-state index contributed by atoms with van der Waals surface area (Å²) >= 11 is 5.81. The fourth-order valence-corrected chi connectivity index (χ4v) is 1.74. The molecule has 3 amide bonds. The molecular formula is C13H15ClN6O2. The summed E-state index contributed by atoms with van der Waals surface area (Å²) in [4.78, 5) is 24.2. The topological polar surface area (TPSA) is 102 Å². The van der Waals surface area contributed by atoms with Gasteiger partial charge in [0.25, 0.3) is 5.91 Å². The molecule has 0 saturated heterocycles. The second-order valence-electron chi connectivity index (χ2n) is 4.83. The summed E-state index contributed by atoms with van der Waals surface area (Å²) in [5, 5.41) is 17.0. The summed E-state index contributed by atoms with van der Waals surface area (Å²) < 4.78 is 0. The van der Waals surface area contributed by atoms with Crippen LogP contribution in [-0.2, 0) is 11.3 Å². The van der Waals surface area contributed by atoms with Crippen LogP contribution < -0.4 is 10.6 Å². The Balaban J connectivity index is 1.96. The zero-order valence-electron chi connectivity index (χ0n) is 12.1. The number of tetrazole rings is 1. The fourth-order valence-electron chi connectivity index (χ4n) is 1.62. The first-order chi connectivity index (χ1) is 10.4. The van der Waals surface area contributed by atoms with E-state index in [9.17, 15) is 9.59 Å². The molecule has 0 saturated carbocycles. The Hall–Kier alpha value is -2.48. The molecule has 1 aromatic heterocycles. The van der Waals surface area contributed by atoms with Crippen LogP contribution in [0.3, 0.4) is 0 Å². The number of nitrogens with one attached hydrogen (secondary N) is 2. The molecule has 0 unspecified atom stereocenters. The number of aromatic nitrogens is 4. The number of halogens is 1. The van der Waals surface area contributed by atoms with Crippen molar-refractivity contribution in [3.8, 4) is 11.4 Å². The molecule has 0 aliphatic heterocycles. The van der Waals surface area contributed by atoms with Crippen molar-refractivity contribution in [3.05, 3.63) is 29.3 Å². The highest BCUT2D eigenvalue weighted by Crippen LogP contribution is 2.16. The smallest absolute Gasteiger partial charge is 0.321 e. The molecule has 116 valence electrons. The molecule has 0 spiro atoms. The molecule has 0 radical (unpaired) electrons. The molecule has 1 heterocycles. The lowest BCUT2D eigenvalue weighted by Crippen LogP contribution is -2.43. The van der Waals surface area contributed by atoms with Crippen LogP contribution in [0.4, 0.5) is 4.79 Å². The molecule has 2 rings (SSSR count). The zero-order chi connectivity index (χ0) is 16.1. The second-order valence-corrected chi connectivity index (χ2v) is 5.26. The fraction of sp³-hybridized carbons (Fsp3) is 0.308. The Morgan fingerprint density at radius 2 is 1.95 bits per heavy atom. The van der Waals surface area contributed by atoms with Gasteiger partial charge >= 0.3 is 6.03 Å². The third-order valence-corrected chi connectivity index (χ3v) is 2.76. The number of rotatable bonds is 4. The maximum Gasteiger partial charge on any atom is 0.321 e. The van der Waals surface area contributed by atoms with Crippen LogP contribution in [0.1, 0.15) is 13.8 Å². The highest BCUT2D eigenvalue weighted by Gasteiger charge is 2.12. The lowest BCUT2D eigenvalue weighted by atomic mass is 10.2. The van der Waals surface area contributed by atoms with Crippen LogP contribution in [0, 0.1) is 0 Å². The van der Waals surface area contributed by atoms with Crippen LogP contribution >= 0.6 is 11.6 Å². The van der Waals surface area contributed by atoms with Crippen molar-refractivity contribution in [1.82, 2.24) is 30.8 Å². The molecule has 0 fully saturated rings. The molecule has 0 aliphatic carbocycles. The van der Waals surface area contributed by atoms with E-state index in [-0.39, 0.29) is 12.6 Å². The van der Waals surface area contributed by atoms with Gasteiger partial charge in [0.05, 0.1) is 0 Å². The Bertz CT molecular complexity index is 667. The lowest BCUT2D eigenvalue weighted by Gasteiger charge is -2.08. The van der Waals surface area contributed by atoms with E-state index in [2.05, 4.69) is 26.0 Å². The van der Waals surface area contributed by atoms with E-state index < -0.39 is 11.9 Å². The van der Waals surface area contributed by atoms with Crippen molar-refractivity contribution in [2.24, 2.45) is 0 Å². The van der Waals surface area contributed by atoms with Gasteiger partial charge in [-0.05, 0) is 43.3 Å². The summed E-state index contributed by atoms with van der Waals surface area (Å²) in [7, 11) is 0. The Morgan fingerprint density at radius 3 is 2.59 bits per heavy atom.